The lowest BCUT2D eigenvalue weighted by molar-refractivity contribution is 1.48. The van der Waals surface area contributed by atoms with Crippen molar-refractivity contribution >= 4 is 39.6 Å². The molecule has 3 heteroatoms. The molecule has 0 N–H and O–H groups in total. The number of hydrogen-bond acceptors (Lipinski definition) is 1. The molecule has 0 aliphatic rings. The van der Waals surface area contributed by atoms with E-state index in [1.54, 1.807) is 0 Å². The van der Waals surface area contributed by atoms with Crippen molar-refractivity contribution in [1.29, 1.82) is 0 Å². The summed E-state index contributed by atoms with van der Waals surface area (Å²) in [6.07, 6.45) is 0. The normalized spacial score (nSPS) is 6.78. The molecule has 1 aromatic carbocycles. The van der Waals surface area contributed by atoms with Gasteiger partial charge in [0.15, 0.2) is 0 Å². The van der Waals surface area contributed by atoms with Gasteiger partial charge in [-0.2, -0.15) is 27.0 Å². The maximum Gasteiger partial charge on any atom is 0.00399 e. The molecule has 9 heavy (non-hydrogen) atoms. The average molecular weight is 178 g/mol. The van der Waals surface area contributed by atoms with Crippen molar-refractivity contribution in [3.05, 3.63) is 30.3 Å². The van der Waals surface area contributed by atoms with Crippen LogP contribution in [-0.2, 0) is 0 Å². The Labute approximate surface area is 75.0 Å². The first kappa shape index (κ1) is 12.0. The van der Waals surface area contributed by atoms with E-state index in [0.717, 1.165) is 4.90 Å². The first-order valence-electron chi connectivity index (χ1n) is 2.13. The fraction of sp³-hybridized carbons (Fsp3) is 0. The van der Waals surface area contributed by atoms with Gasteiger partial charge in [-0.05, 0) is 12.1 Å². The molecule has 0 aliphatic carbocycles. The van der Waals surface area contributed by atoms with Crippen LogP contribution in [0.3, 0.4) is 0 Å². The minimum Gasteiger partial charge on any atom is -0.197 e. The first-order valence-corrected chi connectivity index (χ1v) is 2.58. The smallest absolute Gasteiger partial charge is 0.00399 e. The Hall–Kier alpha value is 0.270. The first-order chi connectivity index (χ1) is 3.39. The zero-order valence-electron chi connectivity index (χ0n) is 4.83. The molecule has 0 nitrogen and oxygen atoms in total. The van der Waals surface area contributed by atoms with Crippen LogP contribution in [0.1, 0.15) is 0 Å². The summed E-state index contributed by atoms with van der Waals surface area (Å²) in [5, 5.41) is 0. The predicted octanol–water partition coefficient (Wildman–Crippen LogP) is 2.20. The summed E-state index contributed by atoms with van der Waals surface area (Å²) in [5.74, 6) is 0. The second kappa shape index (κ2) is 6.39. The number of thiol groups is 1. The van der Waals surface area contributed by atoms with Crippen LogP contribution in [0.25, 0.3) is 0 Å². The summed E-state index contributed by atoms with van der Waals surface area (Å²) in [4.78, 5) is 1.02. The summed E-state index contributed by atoms with van der Waals surface area (Å²) < 4.78 is 0. The summed E-state index contributed by atoms with van der Waals surface area (Å²) in [6, 6.07) is 9.79. The van der Waals surface area contributed by atoms with Crippen LogP contribution in [0.4, 0.5) is 0 Å². The van der Waals surface area contributed by atoms with Crippen molar-refractivity contribution in [2.45, 2.75) is 4.90 Å². The minimum atomic E-state index is 0. The van der Waals surface area contributed by atoms with Gasteiger partial charge in [-0.25, -0.2) is 0 Å². The van der Waals surface area contributed by atoms with E-state index >= 15 is 0 Å². The lowest BCUT2D eigenvalue weighted by Gasteiger charge is -1.81. The average Bonchev–Trinajstić information content (AvgIpc) is 1.69. The fourth-order valence-electron chi connectivity index (χ4n) is 0.428. The number of hydrogen-bond donors (Lipinski definition) is 1. The second-order valence-electron chi connectivity index (χ2n) is 1.34. The maximum atomic E-state index is 4.08. The predicted molar refractivity (Wildman–Crippen MR) is 54.5 cm³/mol. The molecular weight excluding hydrogens is 168 g/mol. The van der Waals surface area contributed by atoms with Gasteiger partial charge in [0.2, 0.25) is 0 Å². The third kappa shape index (κ3) is 4.75. The van der Waals surface area contributed by atoms with E-state index in [0.29, 0.717) is 0 Å². The molecule has 0 heterocycles. The van der Waals surface area contributed by atoms with E-state index in [1.165, 1.54) is 0 Å². The highest BCUT2D eigenvalue weighted by Gasteiger charge is 1.73. The lowest BCUT2D eigenvalue weighted by Crippen LogP contribution is -1.56. The monoisotopic (exact) mass is 178 g/mol. The third-order valence-corrected chi connectivity index (χ3v) is 1.05. The van der Waals surface area contributed by atoms with E-state index in [4.69, 9.17) is 0 Å². The molecule has 52 valence electrons. The van der Waals surface area contributed by atoms with Crippen molar-refractivity contribution in [2.24, 2.45) is 0 Å². The van der Waals surface area contributed by atoms with Crippen molar-refractivity contribution in [3.8, 4) is 0 Å². The van der Waals surface area contributed by atoms with Crippen molar-refractivity contribution in [3.63, 3.8) is 0 Å². The van der Waals surface area contributed by atoms with Crippen LogP contribution in [-0.4, -0.2) is 0 Å². The van der Waals surface area contributed by atoms with E-state index in [1.807, 2.05) is 30.3 Å². The molecule has 0 spiro atoms. The zero-order chi connectivity index (χ0) is 5.11. The lowest BCUT2D eigenvalue weighted by atomic mass is 10.4. The van der Waals surface area contributed by atoms with Gasteiger partial charge in [-0.3, -0.25) is 0 Å². The highest BCUT2D eigenvalue weighted by atomic mass is 32.1. The number of benzene rings is 1. The van der Waals surface area contributed by atoms with Gasteiger partial charge in [0, 0.05) is 4.90 Å². The van der Waals surface area contributed by atoms with Gasteiger partial charge in [0.25, 0.3) is 0 Å². The second-order valence-corrected chi connectivity index (χ2v) is 1.85. The van der Waals surface area contributed by atoms with Gasteiger partial charge in [-0.15, -0.1) is 12.6 Å². The molecule has 0 bridgehead atoms. The van der Waals surface area contributed by atoms with E-state index in [9.17, 15) is 0 Å². The minimum absolute atomic E-state index is 0. The molecule has 1 rings (SSSR count). The molecule has 0 atom stereocenters. The zero-order valence-corrected chi connectivity index (χ0v) is 7.73. The van der Waals surface area contributed by atoms with Gasteiger partial charge in [0.05, 0.1) is 0 Å². The van der Waals surface area contributed by atoms with E-state index in [-0.39, 0.29) is 27.0 Å². The van der Waals surface area contributed by atoms with E-state index in [2.05, 4.69) is 12.6 Å². The highest BCUT2D eigenvalue weighted by molar-refractivity contribution is 7.80. The summed E-state index contributed by atoms with van der Waals surface area (Å²) >= 11 is 4.08. The van der Waals surface area contributed by atoms with Crippen molar-refractivity contribution in [2.75, 3.05) is 0 Å². The molecule has 1 aromatic rings. The highest BCUT2D eigenvalue weighted by Crippen LogP contribution is 2.00. The van der Waals surface area contributed by atoms with Crippen LogP contribution in [0, 0.1) is 0 Å². The maximum absolute atomic E-state index is 4.08. The van der Waals surface area contributed by atoms with Gasteiger partial charge >= 0.3 is 0 Å². The standard InChI is InChI=1S/C6H6S.2H2S/c7-6-4-2-1-3-5-6;;/h1-5,7H;2*1H2. The molecule has 0 aromatic heterocycles. The SMILES string of the molecule is S.S.Sc1ccccc1. The van der Waals surface area contributed by atoms with Crippen molar-refractivity contribution in [1.82, 2.24) is 0 Å². The van der Waals surface area contributed by atoms with Gasteiger partial charge in [-0.1, -0.05) is 18.2 Å². The third-order valence-electron chi connectivity index (χ3n) is 0.756. The summed E-state index contributed by atoms with van der Waals surface area (Å²) in [7, 11) is 0. The van der Waals surface area contributed by atoms with Gasteiger partial charge < -0.3 is 0 Å². The van der Waals surface area contributed by atoms with Crippen LogP contribution < -0.4 is 0 Å². The Kier molecular flexibility index (Phi) is 8.52. The fourth-order valence-corrected chi connectivity index (χ4v) is 0.600. The molecular formula is C6H10S3. The Morgan fingerprint density at radius 3 is 1.56 bits per heavy atom. The number of rotatable bonds is 0. The van der Waals surface area contributed by atoms with Crippen LogP contribution in [0.2, 0.25) is 0 Å². The quantitative estimate of drug-likeness (QED) is 0.579. The molecule has 0 saturated heterocycles. The Morgan fingerprint density at radius 2 is 1.33 bits per heavy atom. The molecule has 0 unspecified atom stereocenters. The molecule has 0 aliphatic heterocycles. The van der Waals surface area contributed by atoms with E-state index < -0.39 is 0 Å². The Bertz CT molecular complexity index is 138. The Balaban J connectivity index is 0. The van der Waals surface area contributed by atoms with Crippen LogP contribution in [0.5, 0.6) is 0 Å². The topological polar surface area (TPSA) is 0 Å². The van der Waals surface area contributed by atoms with Crippen molar-refractivity contribution < 1.29 is 0 Å². The van der Waals surface area contributed by atoms with Crippen LogP contribution >= 0.6 is 39.6 Å². The summed E-state index contributed by atoms with van der Waals surface area (Å²) in [5.41, 5.74) is 0. The molecule has 0 fully saturated rings. The Morgan fingerprint density at radius 1 is 0.889 bits per heavy atom. The molecule has 0 saturated carbocycles. The molecule has 0 radical (unpaired) electrons. The largest absolute Gasteiger partial charge is 0.197 e. The molecule has 0 amide bonds. The summed E-state index contributed by atoms with van der Waals surface area (Å²) in [6.45, 7) is 0. The van der Waals surface area contributed by atoms with Gasteiger partial charge in [0.1, 0.15) is 0 Å². The van der Waals surface area contributed by atoms with Crippen LogP contribution in [0.15, 0.2) is 35.2 Å².